The molecular formula is C25H55NO18S6. The molecule has 0 aromatic rings. The van der Waals surface area contributed by atoms with Crippen LogP contribution in [0.15, 0.2) is 11.6 Å². The van der Waals surface area contributed by atoms with E-state index in [9.17, 15) is 71.2 Å². The van der Waals surface area contributed by atoms with E-state index in [4.69, 9.17) is 18.9 Å². The summed E-state index contributed by atoms with van der Waals surface area (Å²) in [5.74, 6) is 0. The summed E-state index contributed by atoms with van der Waals surface area (Å²) in [6.45, 7) is -1.08. The number of carbonyl (C=O) groups excluding carboxylic acids is 1. The lowest BCUT2D eigenvalue weighted by Crippen LogP contribution is -2.68. The lowest BCUT2D eigenvalue weighted by Gasteiger charge is -2.48. The summed E-state index contributed by atoms with van der Waals surface area (Å²) in [5, 5.41) is 135. The topological polar surface area (TPSA) is 329 Å². The van der Waals surface area contributed by atoms with Gasteiger partial charge in [-0.1, -0.05) is 6.08 Å². The Hall–Kier alpha value is 0.790. The van der Waals surface area contributed by atoms with Gasteiger partial charge in [-0.25, -0.2) is 0 Å². The van der Waals surface area contributed by atoms with Gasteiger partial charge in [0.1, 0.15) is 79.4 Å². The van der Waals surface area contributed by atoms with E-state index in [0.717, 1.165) is 0 Å². The first-order valence-corrected chi connectivity index (χ1v) is 13.9. The summed E-state index contributed by atoms with van der Waals surface area (Å²) < 4.78 is 22.0. The maximum atomic E-state index is 10.9. The van der Waals surface area contributed by atoms with Gasteiger partial charge in [0.25, 0.3) is 0 Å². The molecule has 0 radical (unpaired) electrons. The molecule has 0 amide bonds. The molecule has 2 heterocycles. The van der Waals surface area contributed by atoms with Crippen LogP contribution in [0.5, 0.6) is 0 Å². The van der Waals surface area contributed by atoms with Gasteiger partial charge in [0.05, 0.1) is 38.0 Å². The van der Waals surface area contributed by atoms with Gasteiger partial charge >= 0.3 is 0 Å². The van der Waals surface area contributed by atoms with Crippen molar-refractivity contribution in [3.05, 3.63) is 11.6 Å². The van der Waals surface area contributed by atoms with E-state index in [1.54, 1.807) is 0 Å². The summed E-state index contributed by atoms with van der Waals surface area (Å²) in [6, 6.07) is -2.21. The van der Waals surface area contributed by atoms with Gasteiger partial charge in [-0.15, -0.1) is 0 Å². The molecule has 25 heteroatoms. The molecule has 1 aliphatic carbocycles. The number of carbonyl (C=O) groups is 1. The molecule has 11 unspecified atom stereocenters. The summed E-state index contributed by atoms with van der Waals surface area (Å²) in [4.78, 5) is 10.9. The number of aliphatic hydroxyl groups is 13. The fraction of sp³-hybridized carbons (Fsp3) is 0.880. The van der Waals surface area contributed by atoms with Crippen LogP contribution in [0.25, 0.3) is 0 Å². The Kier molecular flexibility index (Phi) is 29.7. The Bertz CT molecular complexity index is 969. The number of aldehydes is 1. The predicted molar refractivity (Wildman–Crippen MR) is 201 cm³/mol. The van der Waals surface area contributed by atoms with E-state index in [2.05, 4.69) is 5.32 Å². The van der Waals surface area contributed by atoms with Gasteiger partial charge in [-0.3, -0.25) is 0 Å². The van der Waals surface area contributed by atoms with Crippen molar-refractivity contribution < 1.29 is 90.1 Å². The molecule has 2 saturated heterocycles. The molecular weight excluding hydrogens is 795 g/mol. The van der Waals surface area contributed by atoms with Crippen molar-refractivity contribution in [2.24, 2.45) is 0 Å². The smallest absolute Gasteiger partial charge is 0.187 e. The minimum atomic E-state index is -2.10. The molecule has 3 rings (SSSR count). The monoisotopic (exact) mass is 849 g/mol. The molecule has 3 aliphatic rings. The molecule has 2 aliphatic heterocycles. The molecule has 0 aromatic heterocycles. The van der Waals surface area contributed by atoms with Crippen molar-refractivity contribution >= 4 is 87.3 Å². The third-order valence-corrected chi connectivity index (χ3v) is 8.03. The Morgan fingerprint density at radius 3 is 1.86 bits per heavy atom. The van der Waals surface area contributed by atoms with Crippen LogP contribution in [0, 0.1) is 0 Å². The number of aliphatic hydroxyl groups excluding tert-OH is 13. The highest BCUT2D eigenvalue weighted by molar-refractivity contribution is 7.60. The quantitative estimate of drug-likeness (QED) is 0.0605. The fourth-order valence-corrected chi connectivity index (χ4v) is 5.36. The van der Waals surface area contributed by atoms with E-state index >= 15 is 0 Å². The molecule has 0 aromatic carbocycles. The van der Waals surface area contributed by atoms with Crippen LogP contribution in [-0.2, 0) is 23.7 Å². The zero-order chi connectivity index (χ0) is 33.0. The second kappa shape index (κ2) is 25.8. The van der Waals surface area contributed by atoms with Gasteiger partial charge in [0.2, 0.25) is 0 Å². The van der Waals surface area contributed by atoms with Crippen LogP contribution >= 0.6 is 81.0 Å². The van der Waals surface area contributed by atoms with Gasteiger partial charge in [0, 0.05) is 0 Å². The maximum Gasteiger partial charge on any atom is 0.187 e. The highest BCUT2D eigenvalue weighted by Gasteiger charge is 2.52. The number of hydrogen-bond donors (Lipinski definition) is 14. The van der Waals surface area contributed by atoms with Gasteiger partial charge < -0.3 is 95.4 Å². The molecule has 0 saturated carbocycles. The largest absolute Gasteiger partial charge is 0.394 e. The average molecular weight is 850 g/mol. The van der Waals surface area contributed by atoms with Crippen molar-refractivity contribution in [2.45, 2.75) is 117 Å². The third-order valence-electron chi connectivity index (χ3n) is 8.03. The molecule has 304 valence electrons. The third kappa shape index (κ3) is 12.9. The van der Waals surface area contributed by atoms with E-state index in [1.807, 2.05) is 0 Å². The van der Waals surface area contributed by atoms with Gasteiger partial charge in [-0.2, -0.15) is 81.0 Å². The lowest BCUT2D eigenvalue weighted by atomic mass is 9.86. The second-order valence-electron chi connectivity index (χ2n) is 11.0. The van der Waals surface area contributed by atoms with Crippen LogP contribution < -0.4 is 5.32 Å². The number of ether oxygens (including phenoxy) is 4. The SMILES string of the molecule is C[C@H]1OC(OC2C(CO)O[C@H](OC(C(O)C(O)C=O)[C@H](O)CO)[C@H](O)C2O)C(O)[C@@H](O)C1NC1C=C(CO)[C@@H](O)C(O)[C@H]1O.S.S.S.S.S.S. The molecule has 0 spiro atoms. The summed E-state index contributed by atoms with van der Waals surface area (Å²) >= 11 is 0. The normalized spacial score (nSPS) is 39.0. The van der Waals surface area contributed by atoms with Crippen LogP contribution in [0.3, 0.4) is 0 Å². The summed E-state index contributed by atoms with van der Waals surface area (Å²) in [7, 11) is 0. The van der Waals surface area contributed by atoms with Crippen molar-refractivity contribution in [1.29, 1.82) is 0 Å². The predicted octanol–water partition coefficient (Wildman–Crippen LogP) is -8.05. The molecule has 0 bridgehead atoms. The average Bonchev–Trinajstić information content (AvgIpc) is 3.02. The van der Waals surface area contributed by atoms with Crippen molar-refractivity contribution in [2.75, 3.05) is 19.8 Å². The lowest BCUT2D eigenvalue weighted by molar-refractivity contribution is -0.361. The Labute approximate surface area is 329 Å². The van der Waals surface area contributed by atoms with Gasteiger partial charge in [-0.05, 0) is 12.5 Å². The number of hydrogen-bond acceptors (Lipinski definition) is 19. The highest BCUT2D eigenvalue weighted by atomic mass is 32.1. The first-order chi connectivity index (χ1) is 20.7. The standard InChI is InChI=1S/C25H43NO18.6H2S/c1-7-13(26-9-2-8(3-27)14(33)18(37)15(9)34)17(36)20(39)24(41-7)44-23-12(6-30)42-25(21(40)19(23)38)43-22(11(32)5-29)16(35)10(31)4-28;;;;;;/h2,4,7,9-27,29-40H,3,5-6H2,1H3;6*1H2/t7-,9?,10?,11-,12?,13?,14-,15+,16?,17+,18?,19?,20?,21-,22?,23?,24?,25-;;;;;;/m1....../s1. The first-order valence-electron chi connectivity index (χ1n) is 13.9. The fourth-order valence-electron chi connectivity index (χ4n) is 5.36. The van der Waals surface area contributed by atoms with Crippen LogP contribution in [0.1, 0.15) is 6.92 Å². The van der Waals surface area contributed by atoms with Crippen LogP contribution in [0.4, 0.5) is 0 Å². The molecule has 50 heavy (non-hydrogen) atoms. The van der Waals surface area contributed by atoms with E-state index in [1.165, 1.54) is 13.0 Å². The zero-order valence-electron chi connectivity index (χ0n) is 26.5. The highest BCUT2D eigenvalue weighted by Crippen LogP contribution is 2.31. The summed E-state index contributed by atoms with van der Waals surface area (Å²) in [6.07, 6.45) is -26.8. The number of nitrogens with one attached hydrogen (secondary N) is 1. The molecule has 18 atom stereocenters. The maximum absolute atomic E-state index is 10.9. The first kappa shape index (κ1) is 57.5. The van der Waals surface area contributed by atoms with Crippen molar-refractivity contribution in [3.8, 4) is 0 Å². The Morgan fingerprint density at radius 2 is 1.36 bits per heavy atom. The van der Waals surface area contributed by atoms with Crippen molar-refractivity contribution in [3.63, 3.8) is 0 Å². The zero-order valence-corrected chi connectivity index (χ0v) is 32.5. The van der Waals surface area contributed by atoms with Crippen molar-refractivity contribution in [1.82, 2.24) is 5.32 Å². The number of rotatable bonds is 13. The van der Waals surface area contributed by atoms with Crippen LogP contribution in [0.2, 0.25) is 0 Å². The molecule has 2 fully saturated rings. The second-order valence-corrected chi connectivity index (χ2v) is 11.0. The van der Waals surface area contributed by atoms with E-state index in [0.29, 0.717) is 0 Å². The van der Waals surface area contributed by atoms with E-state index < -0.39 is 130 Å². The summed E-state index contributed by atoms with van der Waals surface area (Å²) in [5.41, 5.74) is 0.00900. The molecule has 19 nitrogen and oxygen atoms in total. The van der Waals surface area contributed by atoms with E-state index in [-0.39, 0.29) is 92.8 Å². The minimum absolute atomic E-state index is 0. The van der Waals surface area contributed by atoms with Gasteiger partial charge in [0.15, 0.2) is 18.9 Å². The van der Waals surface area contributed by atoms with Crippen LogP contribution in [-0.4, -0.2) is 203 Å². The molecule has 14 N–H and O–H groups in total. The Balaban J connectivity index is -0.00000176. The Morgan fingerprint density at radius 1 is 0.800 bits per heavy atom. The minimum Gasteiger partial charge on any atom is -0.394 e.